The molecule has 0 bridgehead atoms. The van der Waals surface area contributed by atoms with Crippen LogP contribution in [-0.2, 0) is 14.3 Å². The van der Waals surface area contributed by atoms with E-state index >= 15 is 0 Å². The summed E-state index contributed by atoms with van der Waals surface area (Å²) in [6.45, 7) is 5.69. The maximum Gasteiger partial charge on any atom is 0.306 e. The van der Waals surface area contributed by atoms with E-state index in [-0.39, 0.29) is 55.4 Å². The second-order valence-electron chi connectivity index (χ2n) is 10.4. The Labute approximate surface area is 205 Å². The minimum Gasteiger partial charge on any atom is -0.463 e. The molecule has 0 aromatic rings. The topological polar surface area (TPSA) is 83.8 Å². The number of carbonyl (C=O) groups excluding carboxylic acids is 2. The minimum absolute atomic E-state index is 0.0157. The number of aliphatic hydroxyl groups excluding tert-OH is 2. The number of aliphatic hydroxyl groups is 2. The van der Waals surface area contributed by atoms with E-state index in [2.05, 4.69) is 0 Å². The zero-order chi connectivity index (χ0) is 25.6. The fourth-order valence-electron chi connectivity index (χ4n) is 4.96. The summed E-state index contributed by atoms with van der Waals surface area (Å²) in [5.41, 5.74) is 0. The molecular weight excluding hydrogens is 442 g/mol. The molecule has 0 radical (unpaired) electrons. The fraction of sp³-hybridized carbons (Fsp3) is 0.926. The van der Waals surface area contributed by atoms with E-state index in [0.717, 1.165) is 57.8 Å². The Morgan fingerprint density at radius 1 is 1.03 bits per heavy atom. The largest absolute Gasteiger partial charge is 0.463 e. The van der Waals surface area contributed by atoms with Crippen molar-refractivity contribution in [3.05, 3.63) is 0 Å². The number of ether oxygens (including phenoxy) is 1. The van der Waals surface area contributed by atoms with Gasteiger partial charge in [0.1, 0.15) is 11.9 Å². The quantitative estimate of drug-likeness (QED) is 0.162. The molecular formula is C27H48F2O5. The van der Waals surface area contributed by atoms with Gasteiger partial charge in [-0.1, -0.05) is 58.3 Å². The van der Waals surface area contributed by atoms with Gasteiger partial charge in [-0.15, -0.1) is 0 Å². The summed E-state index contributed by atoms with van der Waals surface area (Å²) in [5.74, 6) is -3.90. The number of esters is 1. The molecule has 0 saturated heterocycles. The number of unbranched alkanes of at least 4 members (excludes halogenated alkanes) is 8. The maximum atomic E-state index is 14.3. The predicted molar refractivity (Wildman–Crippen MR) is 130 cm³/mol. The SMILES string of the molecule is CCCCCCC(F)(F)C(O)CCC1C(O)CC(=O)C1CCCCCCCCC(=O)OC(C)C. The van der Waals surface area contributed by atoms with Crippen LogP contribution >= 0.6 is 0 Å². The Bertz CT molecular complexity index is 581. The third-order valence-electron chi connectivity index (χ3n) is 6.97. The van der Waals surface area contributed by atoms with Crippen LogP contribution in [0, 0.1) is 11.8 Å². The van der Waals surface area contributed by atoms with Crippen molar-refractivity contribution < 1.29 is 33.3 Å². The van der Waals surface area contributed by atoms with E-state index in [9.17, 15) is 28.6 Å². The first-order valence-corrected chi connectivity index (χ1v) is 13.5. The standard InChI is InChI=1S/C27H48F2O5/c1-4-5-6-13-18-27(28,29)25(32)17-16-22-21(23(30)19-24(22)31)14-11-9-7-8-10-12-15-26(33)34-20(2)3/h20-22,24-25,31-32H,4-19H2,1-3H3. The number of hydrogen-bond donors (Lipinski definition) is 2. The third kappa shape index (κ3) is 12.1. The second-order valence-corrected chi connectivity index (χ2v) is 10.4. The van der Waals surface area contributed by atoms with Gasteiger partial charge in [0.15, 0.2) is 0 Å². The number of halogens is 2. The highest BCUT2D eigenvalue weighted by atomic mass is 19.3. The number of carbonyl (C=O) groups is 2. The summed E-state index contributed by atoms with van der Waals surface area (Å²) >= 11 is 0. The van der Waals surface area contributed by atoms with Crippen molar-refractivity contribution in [2.75, 3.05) is 0 Å². The molecule has 0 heterocycles. The van der Waals surface area contributed by atoms with E-state index < -0.39 is 18.1 Å². The minimum atomic E-state index is -3.12. The van der Waals surface area contributed by atoms with Crippen LogP contribution in [0.1, 0.15) is 124 Å². The Balaban J connectivity index is 2.30. The van der Waals surface area contributed by atoms with Gasteiger partial charge in [0.25, 0.3) is 5.92 Å². The first-order valence-electron chi connectivity index (χ1n) is 13.5. The number of rotatable bonds is 19. The lowest BCUT2D eigenvalue weighted by Crippen LogP contribution is -2.34. The summed E-state index contributed by atoms with van der Waals surface area (Å²) < 4.78 is 33.6. The molecule has 0 spiro atoms. The first kappa shape index (κ1) is 31.0. The van der Waals surface area contributed by atoms with E-state index in [0.29, 0.717) is 19.3 Å². The van der Waals surface area contributed by atoms with Gasteiger partial charge >= 0.3 is 5.97 Å². The van der Waals surface area contributed by atoms with E-state index in [1.165, 1.54) is 0 Å². The molecule has 7 heteroatoms. The molecule has 0 aliphatic heterocycles. The van der Waals surface area contributed by atoms with Gasteiger partial charge in [0.2, 0.25) is 0 Å². The number of alkyl halides is 2. The highest BCUT2D eigenvalue weighted by Gasteiger charge is 2.43. The average molecular weight is 491 g/mol. The summed E-state index contributed by atoms with van der Waals surface area (Å²) in [7, 11) is 0. The molecule has 4 atom stereocenters. The molecule has 1 saturated carbocycles. The van der Waals surface area contributed by atoms with E-state index in [1.54, 1.807) is 0 Å². The Kier molecular flexibility index (Phi) is 15.1. The zero-order valence-corrected chi connectivity index (χ0v) is 21.6. The highest BCUT2D eigenvalue weighted by molar-refractivity contribution is 5.84. The molecule has 34 heavy (non-hydrogen) atoms. The molecule has 5 nitrogen and oxygen atoms in total. The molecule has 2 N–H and O–H groups in total. The number of ketones is 1. The average Bonchev–Trinajstić information content (AvgIpc) is 3.02. The van der Waals surface area contributed by atoms with Gasteiger partial charge in [-0.3, -0.25) is 9.59 Å². The summed E-state index contributed by atoms with van der Waals surface area (Å²) in [4.78, 5) is 23.9. The van der Waals surface area contributed by atoms with Crippen LogP contribution in [0.4, 0.5) is 8.78 Å². The molecule has 0 amide bonds. The van der Waals surface area contributed by atoms with Crippen molar-refractivity contribution in [2.45, 2.75) is 148 Å². The van der Waals surface area contributed by atoms with Crippen LogP contribution in [0.25, 0.3) is 0 Å². The van der Waals surface area contributed by atoms with Gasteiger partial charge in [-0.05, 0) is 51.9 Å². The van der Waals surface area contributed by atoms with Crippen molar-refractivity contribution in [3.63, 3.8) is 0 Å². The van der Waals surface area contributed by atoms with E-state index in [1.807, 2.05) is 20.8 Å². The Morgan fingerprint density at radius 3 is 2.29 bits per heavy atom. The van der Waals surface area contributed by atoms with Crippen molar-refractivity contribution in [1.29, 1.82) is 0 Å². The maximum absolute atomic E-state index is 14.3. The summed E-state index contributed by atoms with van der Waals surface area (Å²) in [5, 5.41) is 20.4. The van der Waals surface area contributed by atoms with Crippen LogP contribution < -0.4 is 0 Å². The molecule has 1 aliphatic carbocycles. The first-order chi connectivity index (χ1) is 16.1. The van der Waals surface area contributed by atoms with Crippen molar-refractivity contribution in [1.82, 2.24) is 0 Å². The Hall–Kier alpha value is -1.08. The summed E-state index contributed by atoms with van der Waals surface area (Å²) in [6.07, 6.45) is 7.05. The van der Waals surface area contributed by atoms with Gasteiger partial charge in [-0.2, -0.15) is 0 Å². The lowest BCUT2D eigenvalue weighted by atomic mass is 9.84. The van der Waals surface area contributed by atoms with Gasteiger partial charge in [-0.25, -0.2) is 8.78 Å². The van der Waals surface area contributed by atoms with Crippen molar-refractivity contribution in [3.8, 4) is 0 Å². The van der Waals surface area contributed by atoms with Gasteiger partial charge in [0, 0.05) is 25.2 Å². The van der Waals surface area contributed by atoms with Crippen LogP contribution in [-0.4, -0.2) is 46.2 Å². The molecule has 1 rings (SSSR count). The van der Waals surface area contributed by atoms with Gasteiger partial charge in [0.05, 0.1) is 12.2 Å². The monoisotopic (exact) mass is 490 g/mol. The fourth-order valence-corrected chi connectivity index (χ4v) is 4.96. The molecule has 0 aromatic heterocycles. The molecule has 200 valence electrons. The number of Topliss-reactive ketones (excluding diaryl/α,β-unsaturated/α-hetero) is 1. The van der Waals surface area contributed by atoms with Crippen LogP contribution in [0.5, 0.6) is 0 Å². The Morgan fingerprint density at radius 2 is 1.65 bits per heavy atom. The normalized spacial score (nSPS) is 21.9. The van der Waals surface area contributed by atoms with Crippen LogP contribution in [0.2, 0.25) is 0 Å². The zero-order valence-electron chi connectivity index (χ0n) is 21.6. The molecule has 1 aliphatic rings. The predicted octanol–water partition coefficient (Wildman–Crippen LogP) is 6.37. The van der Waals surface area contributed by atoms with Crippen LogP contribution in [0.3, 0.4) is 0 Å². The lowest BCUT2D eigenvalue weighted by molar-refractivity contribution is -0.147. The van der Waals surface area contributed by atoms with Gasteiger partial charge < -0.3 is 14.9 Å². The van der Waals surface area contributed by atoms with E-state index in [4.69, 9.17) is 4.74 Å². The molecule has 1 fully saturated rings. The number of hydrogen-bond acceptors (Lipinski definition) is 5. The van der Waals surface area contributed by atoms with Crippen molar-refractivity contribution in [2.24, 2.45) is 11.8 Å². The molecule has 4 unspecified atom stereocenters. The highest BCUT2D eigenvalue weighted by Crippen LogP contribution is 2.38. The second kappa shape index (κ2) is 16.6. The lowest BCUT2D eigenvalue weighted by Gasteiger charge is -2.26. The molecule has 0 aromatic carbocycles. The van der Waals surface area contributed by atoms with Crippen LogP contribution in [0.15, 0.2) is 0 Å². The van der Waals surface area contributed by atoms with Crippen molar-refractivity contribution >= 4 is 11.8 Å². The summed E-state index contributed by atoms with van der Waals surface area (Å²) in [6, 6.07) is 0. The third-order valence-corrected chi connectivity index (χ3v) is 6.97. The smallest absolute Gasteiger partial charge is 0.306 e.